The summed E-state index contributed by atoms with van der Waals surface area (Å²) < 4.78 is 12.1. The molecule has 1 aromatic heterocycles. The second-order valence-corrected chi connectivity index (χ2v) is 7.87. The third-order valence-electron chi connectivity index (χ3n) is 4.96. The Bertz CT molecular complexity index is 1020. The van der Waals surface area contributed by atoms with E-state index < -0.39 is 5.97 Å². The van der Waals surface area contributed by atoms with Crippen LogP contribution in [0.2, 0.25) is 5.02 Å². The van der Waals surface area contributed by atoms with Gasteiger partial charge in [-0.2, -0.15) is 0 Å². The number of hydrogen-bond donors (Lipinski definition) is 1. The van der Waals surface area contributed by atoms with E-state index >= 15 is 0 Å². The first kappa shape index (κ1) is 22.6. The number of benzene rings is 2. The number of aryl methyl sites for hydroxylation is 2. The highest BCUT2D eigenvalue weighted by Gasteiger charge is 2.12. The predicted molar refractivity (Wildman–Crippen MR) is 122 cm³/mol. The molecule has 1 N–H and O–H groups in total. The summed E-state index contributed by atoms with van der Waals surface area (Å²) in [5.74, 6) is 0.732. The number of carboxylic acids is 1. The Morgan fingerprint density at radius 1 is 1.19 bits per heavy atom. The molecule has 0 spiro atoms. The number of nitrogens with zero attached hydrogens (tertiary/aromatic N) is 1. The average Bonchev–Trinajstić information content (AvgIpc) is 2.75. The van der Waals surface area contributed by atoms with Crippen molar-refractivity contribution in [3.05, 3.63) is 77.1 Å². The van der Waals surface area contributed by atoms with Gasteiger partial charge in [-0.3, -0.25) is 9.78 Å². The molecule has 0 amide bonds. The molecule has 1 unspecified atom stereocenters. The molecule has 0 fully saturated rings. The van der Waals surface area contributed by atoms with Crippen molar-refractivity contribution in [1.82, 2.24) is 4.98 Å². The first-order valence-electron chi connectivity index (χ1n) is 10.2. The number of ether oxygens (including phenoxy) is 2. The molecule has 0 radical (unpaired) electrons. The van der Waals surface area contributed by atoms with Crippen LogP contribution in [-0.4, -0.2) is 28.8 Å². The van der Waals surface area contributed by atoms with E-state index in [4.69, 9.17) is 26.2 Å². The van der Waals surface area contributed by atoms with Crippen LogP contribution in [0.1, 0.15) is 30.9 Å². The van der Waals surface area contributed by atoms with E-state index in [1.165, 1.54) is 0 Å². The lowest BCUT2D eigenvalue weighted by molar-refractivity contribution is -0.136. The molecule has 5 nitrogen and oxygen atoms in total. The van der Waals surface area contributed by atoms with Crippen LogP contribution in [0.15, 0.2) is 60.9 Å². The number of carboxylic acid groups (broad SMARTS) is 1. The largest absolute Gasteiger partial charge is 0.493 e. The average molecular weight is 440 g/mol. The molecule has 3 rings (SSSR count). The second-order valence-electron chi connectivity index (χ2n) is 7.43. The van der Waals surface area contributed by atoms with Crippen molar-refractivity contribution in [2.24, 2.45) is 0 Å². The lowest BCUT2D eigenvalue weighted by Crippen LogP contribution is -2.16. The maximum atomic E-state index is 10.8. The van der Waals surface area contributed by atoms with Crippen molar-refractivity contribution < 1.29 is 19.4 Å². The molecule has 0 bridgehead atoms. The van der Waals surface area contributed by atoms with Gasteiger partial charge < -0.3 is 14.6 Å². The third-order valence-corrected chi connectivity index (χ3v) is 5.19. The first-order chi connectivity index (χ1) is 14.9. The van der Waals surface area contributed by atoms with E-state index in [1.54, 1.807) is 12.4 Å². The summed E-state index contributed by atoms with van der Waals surface area (Å²) in [4.78, 5) is 14.9. The molecule has 31 heavy (non-hydrogen) atoms. The van der Waals surface area contributed by atoms with Gasteiger partial charge in [0.25, 0.3) is 0 Å². The number of rotatable bonds is 10. The maximum Gasteiger partial charge on any atom is 0.303 e. The van der Waals surface area contributed by atoms with Crippen LogP contribution in [0.3, 0.4) is 0 Å². The zero-order valence-corrected chi connectivity index (χ0v) is 18.4. The van der Waals surface area contributed by atoms with Crippen LogP contribution >= 0.6 is 11.6 Å². The summed E-state index contributed by atoms with van der Waals surface area (Å²) in [6.45, 7) is 4.48. The van der Waals surface area contributed by atoms with Gasteiger partial charge in [0.1, 0.15) is 11.5 Å². The van der Waals surface area contributed by atoms with Crippen LogP contribution < -0.4 is 9.47 Å². The summed E-state index contributed by atoms with van der Waals surface area (Å²) in [6, 6.07) is 15.2. The van der Waals surface area contributed by atoms with Gasteiger partial charge in [-0.05, 0) is 67.8 Å². The zero-order chi connectivity index (χ0) is 22.2. The number of carbonyl (C=O) groups is 1. The number of aromatic nitrogens is 1. The smallest absolute Gasteiger partial charge is 0.303 e. The van der Waals surface area contributed by atoms with E-state index in [1.807, 2.05) is 62.4 Å². The van der Waals surface area contributed by atoms with Gasteiger partial charge in [-0.15, -0.1) is 0 Å². The van der Waals surface area contributed by atoms with Gasteiger partial charge in [0, 0.05) is 41.4 Å². The minimum Gasteiger partial charge on any atom is -0.493 e. The Labute approximate surface area is 187 Å². The lowest BCUT2D eigenvalue weighted by atomic mass is 10.0. The predicted octanol–water partition coefficient (Wildman–Crippen LogP) is 5.96. The van der Waals surface area contributed by atoms with Gasteiger partial charge in [0.15, 0.2) is 0 Å². The first-order valence-corrected chi connectivity index (χ1v) is 10.6. The normalized spacial score (nSPS) is 11.7. The molecule has 0 saturated heterocycles. The van der Waals surface area contributed by atoms with E-state index in [0.29, 0.717) is 24.5 Å². The van der Waals surface area contributed by atoms with Crippen LogP contribution in [0.4, 0.5) is 0 Å². The van der Waals surface area contributed by atoms with Crippen molar-refractivity contribution in [3.8, 4) is 22.6 Å². The fourth-order valence-corrected chi connectivity index (χ4v) is 3.42. The molecule has 3 aromatic rings. The highest BCUT2D eigenvalue weighted by atomic mass is 35.5. The summed E-state index contributed by atoms with van der Waals surface area (Å²) in [5.41, 5.74) is 3.91. The lowest BCUT2D eigenvalue weighted by Gasteiger charge is -2.18. The summed E-state index contributed by atoms with van der Waals surface area (Å²) in [7, 11) is 0. The molecule has 1 heterocycles. The van der Waals surface area contributed by atoms with Crippen LogP contribution in [0.5, 0.6) is 11.5 Å². The van der Waals surface area contributed by atoms with Gasteiger partial charge in [0.2, 0.25) is 0 Å². The molecule has 2 aromatic carbocycles. The third kappa shape index (κ3) is 6.72. The van der Waals surface area contributed by atoms with Gasteiger partial charge in [-0.1, -0.05) is 23.7 Å². The number of pyridine rings is 1. The Kier molecular flexibility index (Phi) is 7.90. The van der Waals surface area contributed by atoms with Crippen molar-refractivity contribution in [1.29, 1.82) is 0 Å². The molecule has 6 heteroatoms. The van der Waals surface area contributed by atoms with Crippen molar-refractivity contribution >= 4 is 17.6 Å². The SMILES string of the molecule is Cc1cc(OCCC(C)Oc2ccc(Cl)cc2-c2cccnc2)ccc1CCC(=O)O. The molecular formula is C25H26ClNO4. The van der Waals surface area contributed by atoms with Crippen molar-refractivity contribution in [3.63, 3.8) is 0 Å². The molecule has 1 atom stereocenters. The van der Waals surface area contributed by atoms with Gasteiger partial charge in [-0.25, -0.2) is 0 Å². The summed E-state index contributed by atoms with van der Waals surface area (Å²) >= 11 is 6.19. The quantitative estimate of drug-likeness (QED) is 0.421. The topological polar surface area (TPSA) is 68.7 Å². The monoisotopic (exact) mass is 439 g/mol. The fourth-order valence-electron chi connectivity index (χ4n) is 3.25. The maximum absolute atomic E-state index is 10.8. The van der Waals surface area contributed by atoms with Crippen LogP contribution in [0, 0.1) is 6.92 Å². The Morgan fingerprint density at radius 3 is 2.74 bits per heavy atom. The molecule has 0 aliphatic rings. The minimum absolute atomic E-state index is 0.0625. The zero-order valence-electron chi connectivity index (χ0n) is 17.7. The number of halogens is 1. The van der Waals surface area contributed by atoms with E-state index in [-0.39, 0.29) is 12.5 Å². The summed E-state index contributed by atoms with van der Waals surface area (Å²) in [6.07, 6.45) is 4.81. The summed E-state index contributed by atoms with van der Waals surface area (Å²) in [5, 5.41) is 9.49. The Balaban J connectivity index is 1.56. The highest BCUT2D eigenvalue weighted by molar-refractivity contribution is 6.31. The fraction of sp³-hybridized carbons (Fsp3) is 0.280. The Hall–Kier alpha value is -3.05. The molecule has 0 aliphatic heterocycles. The molecule has 0 saturated carbocycles. The van der Waals surface area contributed by atoms with Crippen LogP contribution in [0.25, 0.3) is 11.1 Å². The Morgan fingerprint density at radius 2 is 2.03 bits per heavy atom. The highest BCUT2D eigenvalue weighted by Crippen LogP contribution is 2.33. The number of hydrogen-bond acceptors (Lipinski definition) is 4. The number of aliphatic carboxylic acids is 1. The molecule has 162 valence electrons. The van der Waals surface area contributed by atoms with E-state index in [0.717, 1.165) is 33.8 Å². The van der Waals surface area contributed by atoms with E-state index in [2.05, 4.69) is 4.98 Å². The van der Waals surface area contributed by atoms with Gasteiger partial charge >= 0.3 is 5.97 Å². The minimum atomic E-state index is -0.791. The van der Waals surface area contributed by atoms with Crippen molar-refractivity contribution in [2.45, 2.75) is 39.2 Å². The van der Waals surface area contributed by atoms with Crippen molar-refractivity contribution in [2.75, 3.05) is 6.61 Å². The second kappa shape index (κ2) is 10.8. The van der Waals surface area contributed by atoms with E-state index in [9.17, 15) is 4.79 Å². The molecular weight excluding hydrogens is 414 g/mol. The van der Waals surface area contributed by atoms with Gasteiger partial charge in [0.05, 0.1) is 12.7 Å². The standard InChI is InChI=1S/C25H26ClNO4/c1-17-14-22(8-5-19(17)6-10-25(28)29)30-13-11-18(2)31-24-9-7-21(26)15-23(24)20-4-3-12-27-16-20/h3-5,7-9,12,14-16,18H,6,10-11,13H2,1-2H3,(H,28,29). The molecule has 0 aliphatic carbocycles. The van der Waals surface area contributed by atoms with Crippen LogP contribution in [-0.2, 0) is 11.2 Å².